The van der Waals surface area contributed by atoms with E-state index in [9.17, 15) is 4.79 Å². The lowest BCUT2D eigenvalue weighted by Gasteiger charge is -2.33. The number of nitrogens with one attached hydrogen (secondary N) is 1. The molecule has 22 heavy (non-hydrogen) atoms. The van der Waals surface area contributed by atoms with E-state index in [0.717, 1.165) is 34.8 Å². The molecule has 0 spiro atoms. The zero-order valence-electron chi connectivity index (χ0n) is 13.0. The molecule has 0 amide bonds. The van der Waals surface area contributed by atoms with Crippen molar-refractivity contribution in [2.24, 2.45) is 0 Å². The van der Waals surface area contributed by atoms with Gasteiger partial charge < -0.3 is 4.98 Å². The van der Waals surface area contributed by atoms with Gasteiger partial charge in [0.25, 0.3) is 0 Å². The first-order valence-electron chi connectivity index (χ1n) is 7.77. The molecule has 1 saturated heterocycles. The first-order valence-corrected chi connectivity index (χ1v) is 8.96. The monoisotopic (exact) mass is 336 g/mol. The fraction of sp³-hybridized carbons (Fsp3) is 0.471. The molecule has 1 atom stereocenters. The van der Waals surface area contributed by atoms with Gasteiger partial charge in [-0.2, -0.15) is 0 Å². The second-order valence-electron chi connectivity index (χ2n) is 6.09. The van der Waals surface area contributed by atoms with Crippen LogP contribution in [0.2, 0.25) is 5.02 Å². The van der Waals surface area contributed by atoms with Gasteiger partial charge in [-0.1, -0.05) is 35.4 Å². The molecule has 1 fully saturated rings. The molecule has 1 N–H and O–H groups in total. The van der Waals surface area contributed by atoms with Crippen molar-refractivity contribution in [2.75, 3.05) is 6.54 Å². The van der Waals surface area contributed by atoms with E-state index >= 15 is 0 Å². The van der Waals surface area contributed by atoms with Crippen molar-refractivity contribution in [3.63, 3.8) is 0 Å². The van der Waals surface area contributed by atoms with Crippen molar-refractivity contribution in [1.29, 1.82) is 0 Å². The highest BCUT2D eigenvalue weighted by Gasteiger charge is 2.21. The number of hydrogen-bond acceptors (Lipinski definition) is 3. The van der Waals surface area contributed by atoms with Crippen molar-refractivity contribution < 1.29 is 0 Å². The number of thiazole rings is 1. The quantitative estimate of drug-likeness (QED) is 0.899. The molecular weight excluding hydrogens is 316 g/mol. The van der Waals surface area contributed by atoms with E-state index in [-0.39, 0.29) is 4.87 Å². The normalized spacial score (nSPS) is 19.5. The number of H-pyrrole nitrogens is 1. The Morgan fingerprint density at radius 3 is 3.00 bits per heavy atom. The Hall–Kier alpha value is -1.10. The number of hydrogen-bond donors (Lipinski definition) is 1. The van der Waals surface area contributed by atoms with Crippen LogP contribution in [0.1, 0.15) is 36.6 Å². The predicted molar refractivity (Wildman–Crippen MR) is 93.8 cm³/mol. The zero-order chi connectivity index (χ0) is 15.7. The molecule has 0 saturated carbocycles. The van der Waals surface area contributed by atoms with Gasteiger partial charge in [-0.05, 0) is 50.9 Å². The average molecular weight is 337 g/mol. The smallest absolute Gasteiger partial charge is 0.305 e. The summed E-state index contributed by atoms with van der Waals surface area (Å²) in [6.07, 6.45) is 3.79. The van der Waals surface area contributed by atoms with Gasteiger partial charge >= 0.3 is 4.87 Å². The summed E-state index contributed by atoms with van der Waals surface area (Å²) >= 11 is 7.47. The van der Waals surface area contributed by atoms with Gasteiger partial charge in [-0.15, -0.1) is 0 Å². The molecule has 1 aromatic carbocycles. The maximum absolute atomic E-state index is 11.9. The van der Waals surface area contributed by atoms with Gasteiger partial charge in [-0.25, -0.2) is 0 Å². The van der Waals surface area contributed by atoms with E-state index in [2.05, 4.69) is 23.7 Å². The third kappa shape index (κ3) is 3.29. The zero-order valence-corrected chi connectivity index (χ0v) is 14.6. The first kappa shape index (κ1) is 15.8. The molecule has 3 rings (SSSR count). The molecular formula is C17H21ClN2OS. The maximum atomic E-state index is 11.9. The summed E-state index contributed by atoms with van der Waals surface area (Å²) in [7, 11) is 0. The Labute approximate surface area is 139 Å². The Kier molecular flexibility index (Phi) is 4.71. The third-order valence-corrected chi connectivity index (χ3v) is 5.58. The van der Waals surface area contributed by atoms with Gasteiger partial charge in [0.15, 0.2) is 0 Å². The van der Waals surface area contributed by atoms with Crippen molar-refractivity contribution in [3.05, 3.63) is 43.3 Å². The molecule has 2 heterocycles. The highest BCUT2D eigenvalue weighted by atomic mass is 35.5. The molecule has 0 radical (unpaired) electrons. The third-order valence-electron chi connectivity index (χ3n) is 4.48. The topological polar surface area (TPSA) is 36.1 Å². The van der Waals surface area contributed by atoms with Crippen molar-refractivity contribution in [2.45, 2.75) is 45.7 Å². The van der Waals surface area contributed by atoms with E-state index in [1.807, 2.05) is 18.2 Å². The molecule has 118 valence electrons. The number of aromatic amines is 1. The number of piperidine rings is 1. The van der Waals surface area contributed by atoms with Crippen LogP contribution in [0, 0.1) is 6.92 Å². The van der Waals surface area contributed by atoms with Crippen LogP contribution in [0.25, 0.3) is 11.3 Å². The molecule has 0 aliphatic carbocycles. The average Bonchev–Trinajstić information content (AvgIpc) is 2.84. The number of benzene rings is 1. The fourth-order valence-electron chi connectivity index (χ4n) is 3.13. The Morgan fingerprint density at radius 1 is 1.41 bits per heavy atom. The van der Waals surface area contributed by atoms with Gasteiger partial charge in [0.1, 0.15) is 0 Å². The number of likely N-dealkylation sites (tertiary alicyclic amines) is 1. The van der Waals surface area contributed by atoms with Crippen molar-refractivity contribution >= 4 is 22.9 Å². The van der Waals surface area contributed by atoms with Gasteiger partial charge in [0.05, 0.1) is 5.69 Å². The Balaban J connectivity index is 1.96. The van der Waals surface area contributed by atoms with Crippen molar-refractivity contribution in [3.8, 4) is 11.3 Å². The van der Waals surface area contributed by atoms with E-state index < -0.39 is 0 Å². The summed E-state index contributed by atoms with van der Waals surface area (Å²) < 4.78 is 0. The molecule has 1 unspecified atom stereocenters. The van der Waals surface area contributed by atoms with E-state index in [0.29, 0.717) is 11.1 Å². The summed E-state index contributed by atoms with van der Waals surface area (Å²) in [6.45, 7) is 6.28. The van der Waals surface area contributed by atoms with Crippen LogP contribution in [0.15, 0.2) is 23.0 Å². The molecule has 3 nitrogen and oxygen atoms in total. The van der Waals surface area contributed by atoms with Gasteiger partial charge in [0, 0.05) is 28.0 Å². The highest BCUT2D eigenvalue weighted by Crippen LogP contribution is 2.31. The number of nitrogens with zero attached hydrogens (tertiary/aromatic N) is 1. The SMILES string of the molecule is Cc1ccc(Cl)cc1-c1[nH]c(=O)sc1CN1CCCCC1C. The van der Waals surface area contributed by atoms with Crippen molar-refractivity contribution in [1.82, 2.24) is 9.88 Å². The maximum Gasteiger partial charge on any atom is 0.305 e. The van der Waals surface area contributed by atoms with E-state index in [4.69, 9.17) is 11.6 Å². The number of rotatable bonds is 3. The Bertz CT molecular complexity index is 722. The molecule has 1 aromatic heterocycles. The second-order valence-corrected chi connectivity index (χ2v) is 7.59. The standard InChI is InChI=1S/C17H21ClN2OS/c1-11-6-7-13(18)9-14(11)16-15(22-17(21)19-16)10-20-8-4-3-5-12(20)2/h6-7,9,12H,3-5,8,10H2,1-2H3,(H,19,21). The molecule has 1 aliphatic heterocycles. The van der Waals surface area contributed by atoms with Crippen LogP contribution in [0.5, 0.6) is 0 Å². The lowest BCUT2D eigenvalue weighted by atomic mass is 10.0. The van der Waals surface area contributed by atoms with Crippen LogP contribution in [-0.4, -0.2) is 22.5 Å². The summed E-state index contributed by atoms with van der Waals surface area (Å²) in [6, 6.07) is 6.41. The highest BCUT2D eigenvalue weighted by molar-refractivity contribution is 7.09. The molecule has 1 aliphatic rings. The minimum absolute atomic E-state index is 0.00837. The van der Waals surface area contributed by atoms with Gasteiger partial charge in [-0.3, -0.25) is 9.69 Å². The lowest BCUT2D eigenvalue weighted by Crippen LogP contribution is -2.36. The number of halogens is 1. The molecule has 5 heteroatoms. The minimum Gasteiger partial charge on any atom is -0.312 e. The predicted octanol–water partition coefficient (Wildman–Crippen LogP) is 4.44. The molecule has 0 bridgehead atoms. The van der Waals surface area contributed by atoms with Crippen LogP contribution < -0.4 is 4.87 Å². The summed E-state index contributed by atoms with van der Waals surface area (Å²) in [5.41, 5.74) is 3.10. The summed E-state index contributed by atoms with van der Waals surface area (Å²) in [4.78, 5) is 18.5. The van der Waals surface area contributed by atoms with E-state index in [1.54, 1.807) is 0 Å². The number of aryl methyl sites for hydroxylation is 1. The summed E-state index contributed by atoms with van der Waals surface area (Å²) in [5, 5.41) is 0.699. The minimum atomic E-state index is 0.00837. The van der Waals surface area contributed by atoms with E-state index in [1.165, 1.54) is 30.6 Å². The van der Waals surface area contributed by atoms with Crippen LogP contribution >= 0.6 is 22.9 Å². The first-order chi connectivity index (χ1) is 10.5. The fourth-order valence-corrected chi connectivity index (χ4v) is 4.17. The van der Waals surface area contributed by atoms with Crippen LogP contribution in [-0.2, 0) is 6.54 Å². The molecule has 2 aromatic rings. The summed E-state index contributed by atoms with van der Waals surface area (Å²) in [5.74, 6) is 0. The second kappa shape index (κ2) is 6.57. The Morgan fingerprint density at radius 2 is 2.23 bits per heavy atom. The largest absolute Gasteiger partial charge is 0.312 e. The van der Waals surface area contributed by atoms with Gasteiger partial charge in [0.2, 0.25) is 0 Å². The lowest BCUT2D eigenvalue weighted by molar-refractivity contribution is 0.154. The van der Waals surface area contributed by atoms with Crippen LogP contribution in [0.3, 0.4) is 0 Å². The van der Waals surface area contributed by atoms with Crippen LogP contribution in [0.4, 0.5) is 0 Å². The number of aromatic nitrogens is 1.